The highest BCUT2D eigenvalue weighted by atomic mass is 32.2. The Balaban J connectivity index is 1.61. The predicted molar refractivity (Wildman–Crippen MR) is 117 cm³/mol. The van der Waals surface area contributed by atoms with Gasteiger partial charge < -0.3 is 4.90 Å². The van der Waals surface area contributed by atoms with E-state index in [4.69, 9.17) is 0 Å². The number of halogens is 3. The molecule has 0 saturated carbocycles. The second-order valence-electron chi connectivity index (χ2n) is 8.72. The van der Waals surface area contributed by atoms with Crippen LogP contribution < -0.4 is 0 Å². The van der Waals surface area contributed by atoms with Gasteiger partial charge in [0.05, 0.1) is 10.6 Å². The van der Waals surface area contributed by atoms with Crippen molar-refractivity contribution < 1.29 is 22.8 Å². The zero-order valence-electron chi connectivity index (χ0n) is 18.2. The van der Waals surface area contributed by atoms with E-state index in [1.165, 1.54) is 23.9 Å². The Morgan fingerprint density at radius 3 is 2.55 bits per heavy atom. The minimum absolute atomic E-state index is 0.162. The summed E-state index contributed by atoms with van der Waals surface area (Å²) >= 11 is 1.40. The molecule has 1 saturated heterocycles. The lowest BCUT2D eigenvalue weighted by atomic mass is 9.87. The summed E-state index contributed by atoms with van der Waals surface area (Å²) in [5.74, 6) is -0.103. The molecule has 2 aliphatic rings. The molecule has 0 spiro atoms. The van der Waals surface area contributed by atoms with Gasteiger partial charge in [-0.05, 0) is 49.7 Å². The molecule has 1 aromatic carbocycles. The molecule has 3 rings (SSSR count). The number of rotatable bonds is 6. The van der Waals surface area contributed by atoms with E-state index in [0.29, 0.717) is 43.3 Å². The fourth-order valence-corrected chi connectivity index (χ4v) is 5.93. The van der Waals surface area contributed by atoms with Gasteiger partial charge in [-0.2, -0.15) is 13.2 Å². The van der Waals surface area contributed by atoms with Gasteiger partial charge in [-0.15, -0.1) is 0 Å². The summed E-state index contributed by atoms with van der Waals surface area (Å²) in [6, 6.07) is 5.59. The smallest absolute Gasteiger partial charge is 0.343 e. The highest BCUT2D eigenvalue weighted by Gasteiger charge is 2.43. The second kappa shape index (κ2) is 9.35. The maximum atomic E-state index is 13.4. The van der Waals surface area contributed by atoms with Crippen molar-refractivity contribution in [1.82, 2.24) is 4.90 Å². The normalized spacial score (nSPS) is 23.7. The van der Waals surface area contributed by atoms with Crippen molar-refractivity contribution >= 4 is 28.6 Å². The third-order valence-corrected chi connectivity index (χ3v) is 7.53. The molecule has 0 aliphatic carbocycles. The highest BCUT2D eigenvalue weighted by molar-refractivity contribution is 8.16. The first kappa shape index (κ1) is 23.8. The molecular formula is C23H29F3N2O2S. The Hall–Kier alpha value is -1.83. The van der Waals surface area contributed by atoms with Gasteiger partial charge in [-0.3, -0.25) is 9.59 Å². The average molecular weight is 455 g/mol. The molecule has 8 heteroatoms. The fraction of sp³-hybridized carbons (Fsp3) is 0.609. The van der Waals surface area contributed by atoms with Crippen molar-refractivity contribution in [3.05, 3.63) is 35.4 Å². The molecule has 4 nitrogen and oxygen atoms in total. The third-order valence-electron chi connectivity index (χ3n) is 6.25. The van der Waals surface area contributed by atoms with E-state index in [-0.39, 0.29) is 17.4 Å². The highest BCUT2D eigenvalue weighted by Crippen LogP contribution is 2.44. The first-order valence-corrected chi connectivity index (χ1v) is 11.6. The molecule has 2 atom stereocenters. The quantitative estimate of drug-likeness (QED) is 0.557. The van der Waals surface area contributed by atoms with Crippen molar-refractivity contribution in [2.45, 2.75) is 69.7 Å². The number of amides is 2. The maximum absolute atomic E-state index is 13.4. The number of likely N-dealkylation sites (tertiary alicyclic amines) is 1. The molecule has 0 N–H and O–H groups in total. The fourth-order valence-electron chi connectivity index (χ4n) is 4.49. The first-order chi connectivity index (χ1) is 14.5. The molecule has 1 aromatic rings. The summed E-state index contributed by atoms with van der Waals surface area (Å²) in [6.45, 7) is 6.91. The summed E-state index contributed by atoms with van der Waals surface area (Å²) in [7, 11) is 0. The van der Waals surface area contributed by atoms with Gasteiger partial charge in [0.15, 0.2) is 0 Å². The van der Waals surface area contributed by atoms with E-state index in [0.717, 1.165) is 18.9 Å². The number of hydrogen-bond donors (Lipinski definition) is 0. The molecular weight excluding hydrogens is 425 g/mol. The van der Waals surface area contributed by atoms with Gasteiger partial charge in [-0.1, -0.05) is 43.8 Å². The van der Waals surface area contributed by atoms with E-state index >= 15 is 0 Å². The van der Waals surface area contributed by atoms with Crippen LogP contribution in [0.4, 0.5) is 13.2 Å². The first-order valence-electron chi connectivity index (χ1n) is 10.8. The number of aliphatic imine (C=N–C) groups is 1. The van der Waals surface area contributed by atoms with Gasteiger partial charge in [0.25, 0.3) is 5.91 Å². The van der Waals surface area contributed by atoms with Crippen molar-refractivity contribution in [1.29, 1.82) is 0 Å². The zero-order valence-corrected chi connectivity index (χ0v) is 19.0. The lowest BCUT2D eigenvalue weighted by Gasteiger charge is -2.34. The van der Waals surface area contributed by atoms with E-state index in [2.05, 4.69) is 4.99 Å². The molecule has 1 unspecified atom stereocenters. The Morgan fingerprint density at radius 2 is 1.94 bits per heavy atom. The number of benzene rings is 1. The third kappa shape index (κ3) is 5.51. The SMILES string of the molecule is CCC(=O)N1CCC(CC2(C)SC(C[C@@H](C)c3ccccc3C(F)(F)F)=NC2=O)CC1. The topological polar surface area (TPSA) is 49.7 Å². The maximum Gasteiger partial charge on any atom is 0.416 e. The molecule has 31 heavy (non-hydrogen) atoms. The van der Waals surface area contributed by atoms with E-state index < -0.39 is 22.4 Å². The monoisotopic (exact) mass is 454 g/mol. The molecule has 2 heterocycles. The van der Waals surface area contributed by atoms with Crippen LogP contribution >= 0.6 is 11.8 Å². The number of carbonyl (C=O) groups excluding carboxylic acids is 2. The van der Waals surface area contributed by atoms with E-state index in [1.807, 2.05) is 18.7 Å². The summed E-state index contributed by atoms with van der Waals surface area (Å²) in [4.78, 5) is 30.6. The van der Waals surface area contributed by atoms with Crippen LogP contribution in [0.5, 0.6) is 0 Å². The number of thioether (sulfide) groups is 1. The van der Waals surface area contributed by atoms with Crippen molar-refractivity contribution in [3.8, 4) is 0 Å². The number of alkyl halides is 3. The molecule has 2 aliphatic heterocycles. The molecule has 0 bridgehead atoms. The average Bonchev–Trinajstić information content (AvgIpc) is 3.00. The Kier molecular flexibility index (Phi) is 7.18. The van der Waals surface area contributed by atoms with Crippen LogP contribution in [0.1, 0.15) is 69.9 Å². The lowest BCUT2D eigenvalue weighted by Crippen LogP contribution is -2.40. The Morgan fingerprint density at radius 1 is 1.29 bits per heavy atom. The van der Waals surface area contributed by atoms with Crippen molar-refractivity contribution in [3.63, 3.8) is 0 Å². The van der Waals surface area contributed by atoms with Crippen LogP contribution in [0, 0.1) is 5.92 Å². The van der Waals surface area contributed by atoms with Crippen LogP contribution in [0.2, 0.25) is 0 Å². The van der Waals surface area contributed by atoms with Crippen molar-refractivity contribution in [2.75, 3.05) is 13.1 Å². The van der Waals surface area contributed by atoms with Crippen LogP contribution in [-0.4, -0.2) is 39.6 Å². The van der Waals surface area contributed by atoms with Crippen LogP contribution in [-0.2, 0) is 15.8 Å². The predicted octanol–water partition coefficient (Wildman–Crippen LogP) is 5.67. The van der Waals surface area contributed by atoms with Gasteiger partial charge >= 0.3 is 6.18 Å². The Labute approximate surface area is 185 Å². The van der Waals surface area contributed by atoms with Crippen LogP contribution in [0.25, 0.3) is 0 Å². The standard InChI is InChI=1S/C23H29F3N2O2S/c1-4-20(29)28-11-9-16(10-12-28)14-22(3)21(30)27-19(31-22)13-15(2)17-7-5-6-8-18(17)23(24,25)26/h5-8,15-16H,4,9-14H2,1-3H3/t15-,22?/m1/s1. The van der Waals surface area contributed by atoms with Gasteiger partial charge in [0, 0.05) is 25.9 Å². The summed E-state index contributed by atoms with van der Waals surface area (Å²) in [6.07, 6.45) is -1.20. The number of nitrogens with zero attached hydrogens (tertiary/aromatic N) is 2. The van der Waals surface area contributed by atoms with E-state index in [1.54, 1.807) is 13.0 Å². The van der Waals surface area contributed by atoms with Crippen molar-refractivity contribution in [2.24, 2.45) is 10.9 Å². The summed E-state index contributed by atoms with van der Waals surface area (Å²) < 4.78 is 39.4. The lowest BCUT2D eigenvalue weighted by molar-refractivity contribution is -0.138. The summed E-state index contributed by atoms with van der Waals surface area (Å²) in [5.41, 5.74) is -0.402. The molecule has 0 radical (unpaired) electrons. The molecule has 2 amide bonds. The summed E-state index contributed by atoms with van der Waals surface area (Å²) in [5, 5.41) is 0.607. The number of hydrogen-bond acceptors (Lipinski definition) is 3. The minimum Gasteiger partial charge on any atom is -0.343 e. The zero-order chi connectivity index (χ0) is 22.8. The van der Waals surface area contributed by atoms with Gasteiger partial charge in [-0.25, -0.2) is 4.99 Å². The van der Waals surface area contributed by atoms with Gasteiger partial charge in [0.1, 0.15) is 4.75 Å². The Bertz CT molecular complexity index is 863. The number of carbonyl (C=O) groups is 2. The molecule has 1 fully saturated rings. The number of piperidine rings is 1. The van der Waals surface area contributed by atoms with E-state index in [9.17, 15) is 22.8 Å². The molecule has 170 valence electrons. The minimum atomic E-state index is -4.41. The van der Waals surface area contributed by atoms with Crippen LogP contribution in [0.3, 0.4) is 0 Å². The van der Waals surface area contributed by atoms with Crippen LogP contribution in [0.15, 0.2) is 29.3 Å². The van der Waals surface area contributed by atoms with Gasteiger partial charge in [0.2, 0.25) is 5.91 Å². The second-order valence-corrected chi connectivity index (χ2v) is 10.3. The molecule has 0 aromatic heterocycles. The largest absolute Gasteiger partial charge is 0.416 e.